The number of rotatable bonds is 5. The van der Waals surface area contributed by atoms with E-state index in [-0.39, 0.29) is 11.1 Å². The quantitative estimate of drug-likeness (QED) is 0.477. The van der Waals surface area contributed by atoms with Crippen molar-refractivity contribution >= 4 is 17.8 Å². The van der Waals surface area contributed by atoms with Crippen LogP contribution in [-0.2, 0) is 25.5 Å². The molecule has 0 N–H and O–H groups in total. The van der Waals surface area contributed by atoms with Crippen LogP contribution in [0.4, 0.5) is 13.2 Å². The summed E-state index contributed by atoms with van der Waals surface area (Å²) in [6.07, 6.45) is -2.84. The zero-order chi connectivity index (χ0) is 25.1. The van der Waals surface area contributed by atoms with Crippen LogP contribution in [-0.4, -0.2) is 48.7 Å². The predicted molar refractivity (Wildman–Crippen MR) is 117 cm³/mol. The molecular weight excluding hydrogens is 451 g/mol. The molecule has 0 saturated carbocycles. The molecule has 180 valence electrons. The maximum absolute atomic E-state index is 13.9. The van der Waals surface area contributed by atoms with Crippen LogP contribution in [0.3, 0.4) is 0 Å². The first-order valence-electron chi connectivity index (χ1n) is 10.5. The Morgan fingerprint density at radius 1 is 0.971 bits per heavy atom. The maximum Gasteiger partial charge on any atom is 0.471 e. The van der Waals surface area contributed by atoms with Gasteiger partial charge in [0.1, 0.15) is 0 Å². The van der Waals surface area contributed by atoms with Crippen LogP contribution in [0, 0.1) is 5.92 Å². The van der Waals surface area contributed by atoms with Crippen LogP contribution in [0.5, 0.6) is 0 Å². The Hall–Kier alpha value is -3.62. The molecule has 1 aliphatic heterocycles. The van der Waals surface area contributed by atoms with Gasteiger partial charge in [-0.1, -0.05) is 67.6 Å². The van der Waals surface area contributed by atoms with Crippen molar-refractivity contribution in [2.75, 3.05) is 14.2 Å². The van der Waals surface area contributed by atoms with E-state index >= 15 is 0 Å². The molecule has 0 saturated heterocycles. The van der Waals surface area contributed by atoms with Crippen molar-refractivity contribution in [2.24, 2.45) is 5.92 Å². The number of nitrogens with zero attached hydrogens (tertiary/aromatic N) is 1. The number of halogens is 3. The number of methoxy groups -OCH3 is 2. The van der Waals surface area contributed by atoms with Crippen LogP contribution in [0.2, 0.25) is 0 Å². The van der Waals surface area contributed by atoms with Crippen molar-refractivity contribution in [1.82, 2.24) is 4.90 Å². The average molecular weight is 475 g/mol. The minimum atomic E-state index is -5.26. The Labute approximate surface area is 195 Å². The summed E-state index contributed by atoms with van der Waals surface area (Å²) >= 11 is 0. The number of carbonyl (C=O) groups excluding carboxylic acids is 3. The molecule has 0 aromatic heterocycles. The first-order valence-corrected chi connectivity index (χ1v) is 10.5. The lowest BCUT2D eigenvalue weighted by Crippen LogP contribution is -2.64. The highest BCUT2D eigenvalue weighted by molar-refractivity contribution is 5.95. The molecule has 2 aromatic carbocycles. The van der Waals surface area contributed by atoms with E-state index in [1.807, 2.05) is 0 Å². The number of esters is 2. The van der Waals surface area contributed by atoms with Crippen molar-refractivity contribution in [2.45, 2.75) is 31.1 Å². The van der Waals surface area contributed by atoms with Gasteiger partial charge in [-0.15, -0.1) is 0 Å². The van der Waals surface area contributed by atoms with Crippen molar-refractivity contribution in [1.29, 1.82) is 0 Å². The lowest BCUT2D eigenvalue weighted by Gasteiger charge is -2.49. The molecule has 0 bridgehead atoms. The summed E-state index contributed by atoms with van der Waals surface area (Å²) in [7, 11) is 2.21. The molecule has 3 rings (SSSR count). The number of alkyl halides is 3. The number of benzene rings is 2. The van der Waals surface area contributed by atoms with E-state index in [9.17, 15) is 27.6 Å². The Balaban J connectivity index is 2.29. The molecule has 0 spiro atoms. The molecular formula is C25H24F3NO5. The largest absolute Gasteiger partial charge is 0.471 e. The van der Waals surface area contributed by atoms with E-state index < -0.39 is 47.9 Å². The van der Waals surface area contributed by atoms with Gasteiger partial charge < -0.3 is 14.4 Å². The fraction of sp³-hybridized carbons (Fsp3) is 0.320. The summed E-state index contributed by atoms with van der Waals surface area (Å²) in [6, 6.07) is 13.1. The SMILES string of the molecule is COC(=O)c1ccccc1C[C@]1(C(=O)OC)C=C[C@H](C)[C@@H](c2ccccc2)N1C(=O)C(F)(F)F. The Kier molecular flexibility index (Phi) is 7.14. The van der Waals surface area contributed by atoms with E-state index in [0.717, 1.165) is 7.11 Å². The highest BCUT2D eigenvalue weighted by atomic mass is 19.4. The second kappa shape index (κ2) is 9.70. The number of hydrogen-bond acceptors (Lipinski definition) is 5. The van der Waals surface area contributed by atoms with Crippen LogP contribution in [0.25, 0.3) is 0 Å². The average Bonchev–Trinajstić information content (AvgIpc) is 2.83. The molecule has 1 aliphatic rings. The maximum atomic E-state index is 13.9. The Bertz CT molecular complexity index is 1100. The first-order chi connectivity index (χ1) is 16.1. The predicted octanol–water partition coefficient (Wildman–Crippen LogP) is 4.27. The Morgan fingerprint density at radius 2 is 1.59 bits per heavy atom. The fourth-order valence-electron chi connectivity index (χ4n) is 4.36. The lowest BCUT2D eigenvalue weighted by molar-refractivity contribution is -0.199. The molecule has 0 aliphatic carbocycles. The third-order valence-electron chi connectivity index (χ3n) is 5.91. The number of carbonyl (C=O) groups is 3. The minimum Gasteiger partial charge on any atom is -0.467 e. The molecule has 9 heteroatoms. The van der Waals surface area contributed by atoms with E-state index in [0.29, 0.717) is 10.5 Å². The topological polar surface area (TPSA) is 72.9 Å². The van der Waals surface area contributed by atoms with Gasteiger partial charge in [0.2, 0.25) is 0 Å². The monoisotopic (exact) mass is 475 g/mol. The van der Waals surface area contributed by atoms with Crippen molar-refractivity contribution in [3.8, 4) is 0 Å². The van der Waals surface area contributed by atoms with Gasteiger partial charge in [-0.3, -0.25) is 4.79 Å². The second-order valence-electron chi connectivity index (χ2n) is 7.99. The summed E-state index contributed by atoms with van der Waals surface area (Å²) in [6.45, 7) is 1.66. The summed E-state index contributed by atoms with van der Waals surface area (Å²) in [5, 5.41) is 0. The highest BCUT2D eigenvalue weighted by Crippen LogP contribution is 2.44. The van der Waals surface area contributed by atoms with Crippen LogP contribution < -0.4 is 0 Å². The number of amides is 1. The summed E-state index contributed by atoms with van der Waals surface area (Å²) in [5.41, 5.74) is -1.45. The molecule has 1 amide bonds. The third kappa shape index (κ3) is 4.55. The Morgan fingerprint density at radius 3 is 2.18 bits per heavy atom. The van der Waals surface area contributed by atoms with Crippen LogP contribution >= 0.6 is 0 Å². The first kappa shape index (κ1) is 25.0. The molecule has 0 unspecified atom stereocenters. The number of ether oxygens (including phenoxy) is 2. The van der Waals surface area contributed by atoms with E-state index in [1.165, 1.54) is 25.3 Å². The van der Waals surface area contributed by atoms with Gasteiger partial charge >= 0.3 is 24.0 Å². The van der Waals surface area contributed by atoms with Crippen LogP contribution in [0.15, 0.2) is 66.7 Å². The van der Waals surface area contributed by atoms with E-state index in [2.05, 4.69) is 0 Å². The van der Waals surface area contributed by atoms with Gasteiger partial charge in [-0.05, 0) is 23.1 Å². The van der Waals surface area contributed by atoms with Crippen molar-refractivity contribution in [3.05, 3.63) is 83.4 Å². The normalized spacial score (nSPS) is 22.2. The molecule has 6 nitrogen and oxygen atoms in total. The standard InChI is InChI=1S/C25H24F3NO5/c1-16-13-14-24(23(32)34-3,15-18-11-7-8-12-19(18)21(30)33-2)29(22(31)25(26,27)28)20(16)17-9-5-4-6-10-17/h4-14,16,20H,15H2,1-3H3/t16-,20-,24-/m0/s1. The van der Waals surface area contributed by atoms with Gasteiger partial charge in [0.05, 0.1) is 25.8 Å². The molecule has 0 fully saturated rings. The zero-order valence-corrected chi connectivity index (χ0v) is 18.8. The number of hydrogen-bond donors (Lipinski definition) is 0. The molecule has 3 atom stereocenters. The van der Waals surface area contributed by atoms with Gasteiger partial charge in [-0.25, -0.2) is 9.59 Å². The van der Waals surface area contributed by atoms with Gasteiger partial charge in [0.25, 0.3) is 0 Å². The third-order valence-corrected chi connectivity index (χ3v) is 5.91. The van der Waals surface area contributed by atoms with Gasteiger partial charge in [0.15, 0.2) is 5.54 Å². The van der Waals surface area contributed by atoms with E-state index in [1.54, 1.807) is 55.5 Å². The lowest BCUT2D eigenvalue weighted by atomic mass is 9.77. The fourth-order valence-corrected chi connectivity index (χ4v) is 4.36. The van der Waals surface area contributed by atoms with E-state index in [4.69, 9.17) is 9.47 Å². The molecule has 0 radical (unpaired) electrons. The zero-order valence-electron chi connectivity index (χ0n) is 18.8. The van der Waals surface area contributed by atoms with Gasteiger partial charge in [-0.2, -0.15) is 13.2 Å². The van der Waals surface area contributed by atoms with Crippen LogP contribution in [0.1, 0.15) is 34.5 Å². The van der Waals surface area contributed by atoms with Gasteiger partial charge in [0, 0.05) is 6.42 Å². The van der Waals surface area contributed by atoms with Crippen molar-refractivity contribution < 1.29 is 37.0 Å². The minimum absolute atomic E-state index is 0.0657. The second-order valence-corrected chi connectivity index (χ2v) is 7.99. The molecule has 2 aromatic rings. The van der Waals surface area contributed by atoms with Crippen molar-refractivity contribution in [3.63, 3.8) is 0 Å². The highest BCUT2D eigenvalue weighted by Gasteiger charge is 2.58. The summed E-state index contributed by atoms with van der Waals surface area (Å²) in [4.78, 5) is 39.0. The molecule has 34 heavy (non-hydrogen) atoms. The summed E-state index contributed by atoms with van der Waals surface area (Å²) < 4.78 is 51.5. The molecule has 1 heterocycles. The summed E-state index contributed by atoms with van der Waals surface area (Å²) in [5.74, 6) is -4.52. The smallest absolute Gasteiger partial charge is 0.467 e.